The Morgan fingerprint density at radius 2 is 0.577 bits per heavy atom. The first-order valence-electron chi connectivity index (χ1n) is 9.76. The Morgan fingerprint density at radius 3 is 0.577 bits per heavy atom. The van der Waals surface area contributed by atoms with Gasteiger partial charge in [0.2, 0.25) is 0 Å². The third kappa shape index (κ3) is 9.22. The summed E-state index contributed by atoms with van der Waals surface area (Å²) in [6.45, 7) is 25.0. The molecule has 0 aliphatic rings. The van der Waals surface area contributed by atoms with Crippen LogP contribution in [0.2, 0.25) is 0 Å². The van der Waals surface area contributed by atoms with Crippen LogP contribution in [0.1, 0.15) is 83.1 Å². The van der Waals surface area contributed by atoms with E-state index in [2.05, 4.69) is 83.1 Å². The molecule has 0 amide bonds. The summed E-state index contributed by atoms with van der Waals surface area (Å²) in [6.07, 6.45) is -1.83. The first kappa shape index (κ1) is 29.9. The fourth-order valence-corrected chi connectivity index (χ4v) is 4.00. The minimum Gasteiger partial charge on any atom is -0.450 e. The number of carboxylic acid groups (broad SMARTS) is 2. The van der Waals surface area contributed by atoms with Gasteiger partial charge in [-0.3, -0.25) is 0 Å². The van der Waals surface area contributed by atoms with Gasteiger partial charge in [0.15, 0.2) is 0 Å². The zero-order chi connectivity index (χ0) is 22.0. The van der Waals surface area contributed by atoms with Crippen molar-refractivity contribution < 1.29 is 25.2 Å². The van der Waals surface area contributed by atoms with Gasteiger partial charge in [0.05, 0.1) is 11.2 Å². The Morgan fingerprint density at radius 1 is 0.500 bits per heavy atom. The molecular formula is C21H46O5. The summed E-state index contributed by atoms with van der Waals surface area (Å²) in [5, 5.41) is 34.4. The molecule has 0 saturated carbocycles. The van der Waals surface area contributed by atoms with E-state index in [9.17, 15) is 10.2 Å². The van der Waals surface area contributed by atoms with E-state index < -0.39 is 17.4 Å². The lowest BCUT2D eigenvalue weighted by molar-refractivity contribution is -0.0849. The number of carbonyl (C=O) groups is 1. The largest absolute Gasteiger partial charge is 0.503 e. The first-order valence-corrected chi connectivity index (χ1v) is 9.76. The highest BCUT2D eigenvalue weighted by atomic mass is 16.6. The molecule has 0 spiro atoms. The van der Waals surface area contributed by atoms with Crippen LogP contribution in [-0.4, -0.2) is 37.8 Å². The van der Waals surface area contributed by atoms with Crippen molar-refractivity contribution in [3.05, 3.63) is 0 Å². The Hall–Kier alpha value is -0.810. The van der Waals surface area contributed by atoms with Crippen molar-refractivity contribution in [1.82, 2.24) is 0 Å². The second-order valence-corrected chi connectivity index (χ2v) is 8.99. The smallest absolute Gasteiger partial charge is 0.450 e. The molecule has 0 aliphatic heterocycles. The molecule has 0 rings (SSSR count). The molecule has 0 aromatic carbocycles. The Balaban J connectivity index is -0.000000338. The average Bonchev–Trinajstić information content (AvgIpc) is 2.43. The normalized spacial score (nSPS) is 12.5. The highest BCUT2D eigenvalue weighted by molar-refractivity contribution is 5.53. The highest BCUT2D eigenvalue weighted by Gasteiger charge is 2.38. The zero-order valence-electron chi connectivity index (χ0n) is 19.2. The van der Waals surface area contributed by atoms with Gasteiger partial charge in [0.25, 0.3) is 0 Å². The highest BCUT2D eigenvalue weighted by Crippen LogP contribution is 2.33. The minimum absolute atomic E-state index is 0.336. The molecule has 160 valence electrons. The van der Waals surface area contributed by atoms with E-state index in [1.807, 2.05) is 0 Å². The molecule has 0 aliphatic carbocycles. The van der Waals surface area contributed by atoms with Crippen LogP contribution in [-0.2, 0) is 0 Å². The molecule has 0 saturated heterocycles. The number of hydrogen-bond acceptors (Lipinski definition) is 3. The van der Waals surface area contributed by atoms with Crippen molar-refractivity contribution in [2.45, 2.75) is 94.3 Å². The molecule has 0 fully saturated rings. The van der Waals surface area contributed by atoms with Gasteiger partial charge >= 0.3 is 6.16 Å². The van der Waals surface area contributed by atoms with Crippen molar-refractivity contribution in [3.8, 4) is 0 Å². The Kier molecular flexibility index (Phi) is 14.5. The maximum Gasteiger partial charge on any atom is 0.503 e. The van der Waals surface area contributed by atoms with Crippen LogP contribution in [0.4, 0.5) is 4.79 Å². The van der Waals surface area contributed by atoms with Crippen molar-refractivity contribution in [1.29, 1.82) is 0 Å². The molecule has 4 N–H and O–H groups in total. The van der Waals surface area contributed by atoms with E-state index in [1.54, 1.807) is 0 Å². The van der Waals surface area contributed by atoms with Crippen LogP contribution >= 0.6 is 0 Å². The van der Waals surface area contributed by atoms with Crippen LogP contribution < -0.4 is 0 Å². The van der Waals surface area contributed by atoms with Gasteiger partial charge in [-0.05, 0) is 35.5 Å². The van der Waals surface area contributed by atoms with Gasteiger partial charge in [0.1, 0.15) is 0 Å². The standard InChI is InChI=1S/2C10H22O.CH2O3/c2*1-7(2)10(11,8(3)4)9(5)6;2-1(3)4/h2*7-9,11H,1-6H3;(H2,2,3,4). The van der Waals surface area contributed by atoms with Crippen molar-refractivity contribution in [2.24, 2.45) is 35.5 Å². The summed E-state index contributed by atoms with van der Waals surface area (Å²) in [6, 6.07) is 0. The lowest BCUT2D eigenvalue weighted by Gasteiger charge is -2.40. The fourth-order valence-electron chi connectivity index (χ4n) is 4.00. The second-order valence-electron chi connectivity index (χ2n) is 8.99. The van der Waals surface area contributed by atoms with Crippen LogP contribution in [0, 0.1) is 35.5 Å². The van der Waals surface area contributed by atoms with E-state index in [0.29, 0.717) is 35.5 Å². The summed E-state index contributed by atoms with van der Waals surface area (Å²) in [5.74, 6) is 2.01. The van der Waals surface area contributed by atoms with Crippen LogP contribution in [0.25, 0.3) is 0 Å². The predicted octanol–water partition coefficient (Wildman–Crippen LogP) is 5.59. The second kappa shape index (κ2) is 12.6. The van der Waals surface area contributed by atoms with E-state index >= 15 is 0 Å². The van der Waals surface area contributed by atoms with E-state index in [4.69, 9.17) is 15.0 Å². The topological polar surface area (TPSA) is 98.0 Å². The van der Waals surface area contributed by atoms with Gasteiger partial charge in [0, 0.05) is 0 Å². The molecule has 0 atom stereocenters. The van der Waals surface area contributed by atoms with Gasteiger partial charge in [-0.2, -0.15) is 0 Å². The van der Waals surface area contributed by atoms with Crippen LogP contribution in [0.15, 0.2) is 0 Å². The van der Waals surface area contributed by atoms with E-state index in [-0.39, 0.29) is 0 Å². The molecular weight excluding hydrogens is 332 g/mol. The summed E-state index contributed by atoms with van der Waals surface area (Å²) in [7, 11) is 0. The van der Waals surface area contributed by atoms with Gasteiger partial charge < -0.3 is 20.4 Å². The molecule has 0 unspecified atom stereocenters. The quantitative estimate of drug-likeness (QED) is 0.483. The van der Waals surface area contributed by atoms with E-state index in [1.165, 1.54) is 0 Å². The molecule has 0 aromatic heterocycles. The maximum atomic E-state index is 10.2. The molecule has 5 heteroatoms. The predicted molar refractivity (Wildman–Crippen MR) is 110 cm³/mol. The molecule has 0 heterocycles. The van der Waals surface area contributed by atoms with Gasteiger partial charge in [-0.15, -0.1) is 0 Å². The maximum absolute atomic E-state index is 10.2. The lowest BCUT2D eigenvalue weighted by Crippen LogP contribution is -2.45. The monoisotopic (exact) mass is 378 g/mol. The number of hydrogen-bond donors (Lipinski definition) is 4. The molecule has 5 nitrogen and oxygen atoms in total. The van der Waals surface area contributed by atoms with Gasteiger partial charge in [-0.25, -0.2) is 4.79 Å². The third-order valence-electron chi connectivity index (χ3n) is 5.55. The summed E-state index contributed by atoms with van der Waals surface area (Å²) in [5.41, 5.74) is -1.000. The molecule has 0 aromatic rings. The Bertz CT molecular complexity index is 293. The number of rotatable bonds is 6. The van der Waals surface area contributed by atoms with Crippen LogP contribution in [0.3, 0.4) is 0 Å². The van der Waals surface area contributed by atoms with E-state index in [0.717, 1.165) is 0 Å². The van der Waals surface area contributed by atoms with Crippen molar-refractivity contribution in [3.63, 3.8) is 0 Å². The van der Waals surface area contributed by atoms with Crippen molar-refractivity contribution >= 4 is 6.16 Å². The Labute approximate surface area is 161 Å². The minimum atomic E-state index is -1.83. The molecule has 26 heavy (non-hydrogen) atoms. The average molecular weight is 379 g/mol. The lowest BCUT2D eigenvalue weighted by atomic mass is 9.73. The van der Waals surface area contributed by atoms with Gasteiger partial charge in [-0.1, -0.05) is 83.1 Å². The fraction of sp³-hybridized carbons (Fsp3) is 0.952. The third-order valence-corrected chi connectivity index (χ3v) is 5.55. The summed E-state index contributed by atoms with van der Waals surface area (Å²) in [4.78, 5) is 8.56. The molecule has 0 bridgehead atoms. The van der Waals surface area contributed by atoms with Crippen molar-refractivity contribution in [2.75, 3.05) is 0 Å². The summed E-state index contributed by atoms with van der Waals surface area (Å²) >= 11 is 0. The zero-order valence-corrected chi connectivity index (χ0v) is 19.2. The summed E-state index contributed by atoms with van der Waals surface area (Å²) < 4.78 is 0. The number of aliphatic hydroxyl groups is 2. The first-order chi connectivity index (χ1) is 11.4. The van der Waals surface area contributed by atoms with Crippen LogP contribution in [0.5, 0.6) is 0 Å². The molecule has 0 radical (unpaired) electrons. The SMILES string of the molecule is CC(C)C(O)(C(C)C)C(C)C.CC(C)C(O)(C(C)C)C(C)C.O=C(O)O.